The molecular formula is C19H20F2N2O3. The molecule has 0 bridgehead atoms. The van der Waals surface area contributed by atoms with Gasteiger partial charge in [0.2, 0.25) is 5.43 Å². The van der Waals surface area contributed by atoms with Crippen LogP contribution < -0.4 is 10.3 Å². The Morgan fingerprint density at radius 2 is 1.96 bits per heavy atom. The zero-order valence-corrected chi connectivity index (χ0v) is 14.6. The van der Waals surface area contributed by atoms with E-state index in [-0.39, 0.29) is 34.8 Å². The molecule has 2 fully saturated rings. The molecule has 2 aliphatic rings. The van der Waals surface area contributed by atoms with E-state index in [1.165, 1.54) is 6.20 Å². The lowest BCUT2D eigenvalue weighted by Gasteiger charge is -2.22. The molecule has 2 aromatic rings. The third-order valence-electron chi connectivity index (χ3n) is 5.04. The first-order valence-electron chi connectivity index (χ1n) is 9.01. The number of hydrogen-bond acceptors (Lipinski definition) is 4. The molecular weight excluding hydrogens is 342 g/mol. The van der Waals surface area contributed by atoms with Crippen LogP contribution in [0.2, 0.25) is 0 Å². The Kier molecular flexibility index (Phi) is 4.17. The van der Waals surface area contributed by atoms with E-state index in [0.717, 1.165) is 31.7 Å². The maximum atomic E-state index is 15.3. The summed E-state index contributed by atoms with van der Waals surface area (Å²) in [5.41, 5.74) is -0.873. The van der Waals surface area contributed by atoms with Crippen LogP contribution in [-0.2, 0) is 4.74 Å². The lowest BCUT2D eigenvalue weighted by molar-refractivity contribution is 0.0524. The molecule has 1 aliphatic carbocycles. The van der Waals surface area contributed by atoms with Gasteiger partial charge in [0, 0.05) is 25.3 Å². The van der Waals surface area contributed by atoms with Gasteiger partial charge in [-0.15, -0.1) is 0 Å². The van der Waals surface area contributed by atoms with Crippen LogP contribution in [0.25, 0.3) is 10.9 Å². The molecule has 0 amide bonds. The summed E-state index contributed by atoms with van der Waals surface area (Å²) in [6.45, 7) is 2.94. The number of ether oxygens (including phenoxy) is 1. The molecule has 0 spiro atoms. The van der Waals surface area contributed by atoms with Crippen molar-refractivity contribution in [1.82, 2.24) is 4.57 Å². The van der Waals surface area contributed by atoms with Crippen LogP contribution in [0.4, 0.5) is 14.5 Å². The summed E-state index contributed by atoms with van der Waals surface area (Å²) in [5, 5.41) is -0.111. The molecule has 4 rings (SSSR count). The molecule has 1 aliphatic heterocycles. The van der Waals surface area contributed by atoms with E-state index in [2.05, 4.69) is 0 Å². The highest BCUT2D eigenvalue weighted by molar-refractivity contribution is 5.95. The van der Waals surface area contributed by atoms with Gasteiger partial charge < -0.3 is 14.2 Å². The van der Waals surface area contributed by atoms with Gasteiger partial charge in [-0.1, -0.05) is 0 Å². The second-order valence-electron chi connectivity index (χ2n) is 6.84. The number of pyridine rings is 1. The molecule has 138 valence electrons. The first-order chi connectivity index (χ1) is 12.5. The fraction of sp³-hybridized carbons (Fsp3) is 0.474. The van der Waals surface area contributed by atoms with E-state index in [1.54, 1.807) is 16.4 Å². The van der Waals surface area contributed by atoms with Crippen molar-refractivity contribution in [2.24, 2.45) is 0 Å². The van der Waals surface area contributed by atoms with E-state index in [9.17, 15) is 14.0 Å². The van der Waals surface area contributed by atoms with Crippen LogP contribution in [0.15, 0.2) is 17.1 Å². The number of nitrogens with zero attached hydrogens (tertiary/aromatic N) is 2. The molecule has 0 N–H and O–H groups in total. The van der Waals surface area contributed by atoms with E-state index in [0.29, 0.717) is 13.1 Å². The lowest BCUT2D eigenvalue weighted by Crippen LogP contribution is -2.24. The van der Waals surface area contributed by atoms with Crippen molar-refractivity contribution >= 4 is 22.6 Å². The number of rotatable bonds is 4. The molecule has 0 unspecified atom stereocenters. The van der Waals surface area contributed by atoms with Gasteiger partial charge >= 0.3 is 5.97 Å². The Balaban J connectivity index is 2.00. The van der Waals surface area contributed by atoms with Gasteiger partial charge in [0.25, 0.3) is 0 Å². The summed E-state index contributed by atoms with van der Waals surface area (Å²) >= 11 is 0. The van der Waals surface area contributed by atoms with Gasteiger partial charge in [-0.2, -0.15) is 0 Å². The van der Waals surface area contributed by atoms with Crippen LogP contribution in [0.1, 0.15) is 49.0 Å². The monoisotopic (exact) mass is 362 g/mol. The molecule has 2 heterocycles. The van der Waals surface area contributed by atoms with Crippen LogP contribution in [-0.4, -0.2) is 30.2 Å². The Hall–Kier alpha value is -2.44. The third kappa shape index (κ3) is 2.66. The molecule has 1 aromatic heterocycles. The van der Waals surface area contributed by atoms with Crippen molar-refractivity contribution in [1.29, 1.82) is 0 Å². The summed E-state index contributed by atoms with van der Waals surface area (Å²) in [4.78, 5) is 26.5. The van der Waals surface area contributed by atoms with Gasteiger partial charge in [-0.25, -0.2) is 13.6 Å². The standard InChI is InChI=1S/C19H20F2N2O3/c1-2-26-19(25)13-10-23(11-5-6-11)16-12(18(13)24)9-14(20)17(15(16)21)22-7-3-4-8-22/h9-11H,2-8H2,1H3. The fourth-order valence-electron chi connectivity index (χ4n) is 3.66. The second-order valence-corrected chi connectivity index (χ2v) is 6.84. The predicted molar refractivity (Wildman–Crippen MR) is 93.8 cm³/mol. The van der Waals surface area contributed by atoms with Crippen LogP contribution in [0, 0.1) is 11.6 Å². The molecule has 0 radical (unpaired) electrons. The molecule has 1 saturated carbocycles. The number of fused-ring (bicyclic) bond motifs is 1. The van der Waals surface area contributed by atoms with E-state index < -0.39 is 23.0 Å². The Bertz CT molecular complexity index is 944. The maximum absolute atomic E-state index is 15.3. The maximum Gasteiger partial charge on any atom is 0.343 e. The van der Waals surface area contributed by atoms with Crippen molar-refractivity contribution < 1.29 is 18.3 Å². The molecule has 1 saturated heterocycles. The van der Waals surface area contributed by atoms with Crippen molar-refractivity contribution in [3.8, 4) is 0 Å². The normalized spacial score (nSPS) is 17.1. The fourth-order valence-corrected chi connectivity index (χ4v) is 3.66. The minimum absolute atomic E-state index is 0.0117. The van der Waals surface area contributed by atoms with Crippen molar-refractivity contribution in [2.45, 2.75) is 38.6 Å². The summed E-state index contributed by atoms with van der Waals surface area (Å²) in [6.07, 6.45) is 4.80. The van der Waals surface area contributed by atoms with Crippen molar-refractivity contribution in [3.63, 3.8) is 0 Å². The third-order valence-corrected chi connectivity index (χ3v) is 5.04. The molecule has 1 aromatic carbocycles. The Morgan fingerprint density at radius 1 is 1.27 bits per heavy atom. The highest BCUT2D eigenvalue weighted by Crippen LogP contribution is 2.40. The molecule has 26 heavy (non-hydrogen) atoms. The van der Waals surface area contributed by atoms with E-state index >= 15 is 4.39 Å². The zero-order valence-electron chi connectivity index (χ0n) is 14.6. The van der Waals surface area contributed by atoms with Crippen molar-refractivity contribution in [3.05, 3.63) is 39.7 Å². The highest BCUT2D eigenvalue weighted by atomic mass is 19.1. The van der Waals surface area contributed by atoms with Gasteiger partial charge in [0.05, 0.1) is 17.5 Å². The quantitative estimate of drug-likeness (QED) is 0.783. The summed E-state index contributed by atoms with van der Waals surface area (Å²) in [5.74, 6) is -2.25. The first kappa shape index (κ1) is 17.0. The number of esters is 1. The van der Waals surface area contributed by atoms with E-state index in [1.807, 2.05) is 0 Å². The lowest BCUT2D eigenvalue weighted by atomic mass is 10.1. The summed E-state index contributed by atoms with van der Waals surface area (Å²) in [6, 6.07) is 1.08. The minimum atomic E-state index is -0.766. The van der Waals surface area contributed by atoms with Crippen LogP contribution in [0.3, 0.4) is 0 Å². The summed E-state index contributed by atoms with van der Waals surface area (Å²) < 4.78 is 36.6. The molecule has 7 heteroatoms. The topological polar surface area (TPSA) is 51.5 Å². The van der Waals surface area contributed by atoms with Gasteiger partial charge in [-0.05, 0) is 38.7 Å². The largest absolute Gasteiger partial charge is 0.462 e. The van der Waals surface area contributed by atoms with Crippen molar-refractivity contribution in [2.75, 3.05) is 24.6 Å². The number of anilines is 1. The average Bonchev–Trinajstić information content (AvgIpc) is 3.31. The number of carbonyl (C=O) groups excluding carboxylic acids is 1. The SMILES string of the molecule is CCOC(=O)c1cn(C2CC2)c2c(F)c(N3CCCC3)c(F)cc2c1=O. The van der Waals surface area contributed by atoms with Gasteiger partial charge in [-0.3, -0.25) is 4.79 Å². The van der Waals surface area contributed by atoms with Gasteiger partial charge in [0.15, 0.2) is 5.82 Å². The van der Waals surface area contributed by atoms with Crippen LogP contribution >= 0.6 is 0 Å². The smallest absolute Gasteiger partial charge is 0.343 e. The Labute approximate surface area is 149 Å². The highest BCUT2D eigenvalue weighted by Gasteiger charge is 2.31. The zero-order chi connectivity index (χ0) is 18.4. The number of halogens is 2. The molecule has 5 nitrogen and oxygen atoms in total. The van der Waals surface area contributed by atoms with Gasteiger partial charge in [0.1, 0.15) is 17.1 Å². The predicted octanol–water partition coefficient (Wildman–Crippen LogP) is 3.39. The number of benzene rings is 1. The number of aromatic nitrogens is 1. The number of carbonyl (C=O) groups is 1. The van der Waals surface area contributed by atoms with Crippen LogP contribution in [0.5, 0.6) is 0 Å². The summed E-state index contributed by atoms with van der Waals surface area (Å²) in [7, 11) is 0. The Morgan fingerprint density at radius 3 is 2.58 bits per heavy atom. The second kappa shape index (κ2) is 6.37. The molecule has 0 atom stereocenters. The minimum Gasteiger partial charge on any atom is -0.462 e. The van der Waals surface area contributed by atoms with E-state index in [4.69, 9.17) is 4.74 Å². The first-order valence-corrected chi connectivity index (χ1v) is 9.01. The average molecular weight is 362 g/mol. The number of hydrogen-bond donors (Lipinski definition) is 0.